The summed E-state index contributed by atoms with van der Waals surface area (Å²) in [6.45, 7) is 1.50. The van der Waals surface area contributed by atoms with E-state index in [1.807, 2.05) is 0 Å². The summed E-state index contributed by atoms with van der Waals surface area (Å²) < 4.78 is 34.0. The number of rotatable bonds is 2. The highest BCUT2D eigenvalue weighted by Crippen LogP contribution is 2.13. The van der Waals surface area contributed by atoms with E-state index in [4.69, 9.17) is 0 Å². The Balaban J connectivity index is 3.64. The smallest absolute Gasteiger partial charge is 0.348 e. The van der Waals surface area contributed by atoms with Crippen LogP contribution in [0.1, 0.15) is 6.92 Å². The second kappa shape index (κ2) is 3.43. The average Bonchev–Trinajstić information content (AvgIpc) is 1.80. The van der Waals surface area contributed by atoms with Crippen LogP contribution in [0.5, 0.6) is 0 Å². The van der Waals surface area contributed by atoms with Gasteiger partial charge in [0, 0.05) is 6.54 Å². The lowest BCUT2D eigenvalue weighted by Gasteiger charge is -2.05. The fourth-order valence-corrected chi connectivity index (χ4v) is 0.295. The van der Waals surface area contributed by atoms with Crippen molar-refractivity contribution in [1.82, 2.24) is 5.32 Å². The average molecular weight is 154 g/mol. The van der Waals surface area contributed by atoms with E-state index in [0.29, 0.717) is 0 Å². The third-order valence-electron chi connectivity index (χ3n) is 0.724. The van der Waals surface area contributed by atoms with E-state index in [-0.39, 0.29) is 6.54 Å². The molecule has 0 aromatic heterocycles. The van der Waals surface area contributed by atoms with Gasteiger partial charge in [0.05, 0.1) is 0 Å². The highest BCUT2D eigenvalue weighted by atomic mass is 19.4. The van der Waals surface area contributed by atoms with Crippen molar-refractivity contribution < 1.29 is 18.0 Å². The number of carbonyl (C=O) groups is 1. The molecule has 0 saturated carbocycles. The molecule has 0 aromatic rings. The van der Waals surface area contributed by atoms with Gasteiger partial charge in [0.25, 0.3) is 0 Å². The van der Waals surface area contributed by atoms with Crippen molar-refractivity contribution in [3.8, 4) is 0 Å². The number of halogens is 3. The van der Waals surface area contributed by atoms with E-state index in [1.54, 1.807) is 12.2 Å². The molecule has 0 unspecified atom stereocenters. The molecule has 0 rings (SSSR count). The first kappa shape index (κ1) is 9.26. The fourth-order valence-electron chi connectivity index (χ4n) is 0.295. The van der Waals surface area contributed by atoms with Gasteiger partial charge >= 0.3 is 12.1 Å². The molecule has 1 amide bonds. The van der Waals surface area contributed by atoms with Gasteiger partial charge in [-0.05, 0) is 6.42 Å². The first-order chi connectivity index (χ1) is 4.48. The number of carbonyl (C=O) groups excluding carboxylic acids is 1. The van der Waals surface area contributed by atoms with E-state index in [9.17, 15) is 18.0 Å². The van der Waals surface area contributed by atoms with Crippen LogP contribution in [0.25, 0.3) is 0 Å². The molecule has 0 spiro atoms. The summed E-state index contributed by atoms with van der Waals surface area (Å²) in [4.78, 5) is 9.97. The molecule has 0 aromatic carbocycles. The zero-order chi connectivity index (χ0) is 8.20. The molecule has 2 nitrogen and oxygen atoms in total. The Bertz CT molecular complexity index is 121. The predicted octanol–water partition coefficient (Wildman–Crippen LogP) is 0.889. The summed E-state index contributed by atoms with van der Waals surface area (Å²) in [5.74, 6) is -1.90. The lowest BCUT2D eigenvalue weighted by molar-refractivity contribution is -0.173. The van der Waals surface area contributed by atoms with Gasteiger partial charge in [-0.25, -0.2) is 0 Å². The second-order valence-corrected chi connectivity index (χ2v) is 1.62. The monoisotopic (exact) mass is 154 g/mol. The largest absolute Gasteiger partial charge is 0.471 e. The quantitative estimate of drug-likeness (QED) is 0.628. The summed E-state index contributed by atoms with van der Waals surface area (Å²) in [6.07, 6.45) is -3.34. The second-order valence-electron chi connectivity index (χ2n) is 1.62. The highest BCUT2D eigenvalue weighted by molar-refractivity contribution is 5.81. The molecule has 0 saturated heterocycles. The Labute approximate surface area is 56.4 Å². The zero-order valence-electron chi connectivity index (χ0n) is 5.33. The zero-order valence-corrected chi connectivity index (χ0v) is 5.33. The molecule has 0 bridgehead atoms. The van der Waals surface area contributed by atoms with Crippen LogP contribution in [0.2, 0.25) is 0 Å². The number of hydrogen-bond acceptors (Lipinski definition) is 1. The molecular formula is C5H7F3NO. The fraction of sp³-hybridized carbons (Fsp3) is 0.600. The molecule has 0 heterocycles. The first-order valence-electron chi connectivity index (χ1n) is 2.61. The molecule has 10 heavy (non-hydrogen) atoms. The Kier molecular flexibility index (Phi) is 3.18. The Morgan fingerprint density at radius 1 is 1.60 bits per heavy atom. The predicted molar refractivity (Wildman–Crippen MR) is 29.0 cm³/mol. The molecule has 5 heteroatoms. The van der Waals surface area contributed by atoms with E-state index >= 15 is 0 Å². The third kappa shape index (κ3) is 3.32. The van der Waals surface area contributed by atoms with Crippen LogP contribution in [0, 0.1) is 6.42 Å². The molecule has 0 fully saturated rings. The normalized spacial score (nSPS) is 11.2. The van der Waals surface area contributed by atoms with Crippen molar-refractivity contribution >= 4 is 5.91 Å². The van der Waals surface area contributed by atoms with Gasteiger partial charge in [-0.1, -0.05) is 6.92 Å². The van der Waals surface area contributed by atoms with Gasteiger partial charge in [0.1, 0.15) is 0 Å². The standard InChI is InChI=1S/C5H7F3NO/c1-2-3-9-4(10)5(6,7)8/h2H,3H2,1H3,(H,9,10). The molecular weight excluding hydrogens is 147 g/mol. The van der Waals surface area contributed by atoms with E-state index < -0.39 is 12.1 Å². The topological polar surface area (TPSA) is 29.1 Å². The van der Waals surface area contributed by atoms with Crippen LogP contribution >= 0.6 is 0 Å². The molecule has 0 aliphatic rings. The number of alkyl halides is 3. The SMILES string of the molecule is C[CH]CNC(=O)C(F)(F)F. The van der Waals surface area contributed by atoms with Crippen molar-refractivity contribution in [2.24, 2.45) is 0 Å². The van der Waals surface area contributed by atoms with Crippen LogP contribution in [0.4, 0.5) is 13.2 Å². The molecule has 0 aliphatic heterocycles. The number of amides is 1. The van der Waals surface area contributed by atoms with Crippen LogP contribution in [-0.4, -0.2) is 18.6 Å². The number of nitrogens with one attached hydrogen (secondary N) is 1. The summed E-state index contributed by atoms with van der Waals surface area (Å²) in [5, 5.41) is 1.65. The lowest BCUT2D eigenvalue weighted by Crippen LogP contribution is -2.37. The third-order valence-corrected chi connectivity index (χ3v) is 0.724. The Morgan fingerprint density at radius 3 is 2.40 bits per heavy atom. The minimum absolute atomic E-state index is 0.0572. The van der Waals surface area contributed by atoms with E-state index in [2.05, 4.69) is 0 Å². The van der Waals surface area contributed by atoms with E-state index in [0.717, 1.165) is 0 Å². The van der Waals surface area contributed by atoms with Crippen LogP contribution in [0.3, 0.4) is 0 Å². The van der Waals surface area contributed by atoms with Gasteiger partial charge in [0.15, 0.2) is 0 Å². The van der Waals surface area contributed by atoms with E-state index in [1.165, 1.54) is 6.42 Å². The summed E-state index contributed by atoms with van der Waals surface area (Å²) in [5.41, 5.74) is 0. The van der Waals surface area contributed by atoms with Crippen LogP contribution in [0.15, 0.2) is 0 Å². The molecule has 1 radical (unpaired) electrons. The van der Waals surface area contributed by atoms with Crippen molar-refractivity contribution in [2.45, 2.75) is 13.1 Å². The van der Waals surface area contributed by atoms with Gasteiger partial charge in [-0.15, -0.1) is 0 Å². The molecule has 59 valence electrons. The lowest BCUT2D eigenvalue weighted by atomic mass is 10.4. The van der Waals surface area contributed by atoms with Gasteiger partial charge in [0.2, 0.25) is 0 Å². The van der Waals surface area contributed by atoms with Gasteiger partial charge in [-0.3, -0.25) is 4.79 Å². The van der Waals surface area contributed by atoms with Gasteiger partial charge in [-0.2, -0.15) is 13.2 Å². The van der Waals surface area contributed by atoms with Crippen molar-refractivity contribution in [3.63, 3.8) is 0 Å². The number of hydrogen-bond donors (Lipinski definition) is 1. The molecule has 0 aliphatic carbocycles. The molecule has 0 atom stereocenters. The first-order valence-corrected chi connectivity index (χ1v) is 2.61. The Hall–Kier alpha value is -0.740. The summed E-state index contributed by atoms with van der Waals surface area (Å²) >= 11 is 0. The summed E-state index contributed by atoms with van der Waals surface area (Å²) in [6, 6.07) is 0. The van der Waals surface area contributed by atoms with Crippen LogP contribution < -0.4 is 5.32 Å². The van der Waals surface area contributed by atoms with Crippen LogP contribution in [-0.2, 0) is 4.79 Å². The summed E-state index contributed by atoms with van der Waals surface area (Å²) in [7, 11) is 0. The van der Waals surface area contributed by atoms with Crippen molar-refractivity contribution in [1.29, 1.82) is 0 Å². The maximum Gasteiger partial charge on any atom is 0.471 e. The highest BCUT2D eigenvalue weighted by Gasteiger charge is 2.37. The van der Waals surface area contributed by atoms with Crippen molar-refractivity contribution in [2.75, 3.05) is 6.54 Å². The van der Waals surface area contributed by atoms with Gasteiger partial charge < -0.3 is 5.32 Å². The maximum absolute atomic E-state index is 11.3. The molecule has 1 N–H and O–H groups in total. The Morgan fingerprint density at radius 2 is 2.10 bits per heavy atom. The minimum Gasteiger partial charge on any atom is -0.348 e. The van der Waals surface area contributed by atoms with Crippen molar-refractivity contribution in [3.05, 3.63) is 6.42 Å². The minimum atomic E-state index is -4.76. The maximum atomic E-state index is 11.3.